The minimum Gasteiger partial charge on any atom is -0.492 e. The van der Waals surface area contributed by atoms with Crippen molar-refractivity contribution in [1.29, 1.82) is 0 Å². The fourth-order valence-corrected chi connectivity index (χ4v) is 5.82. The molecule has 0 aliphatic heterocycles. The Bertz CT molecular complexity index is 1410. The van der Waals surface area contributed by atoms with Gasteiger partial charge in [0.2, 0.25) is 5.91 Å². The summed E-state index contributed by atoms with van der Waals surface area (Å²) in [6.07, 6.45) is -1.34. The first-order valence-corrected chi connectivity index (χ1v) is 16.3. The predicted molar refractivity (Wildman–Crippen MR) is 180 cm³/mol. The van der Waals surface area contributed by atoms with E-state index in [-0.39, 0.29) is 18.9 Å². The van der Waals surface area contributed by atoms with Gasteiger partial charge in [0.25, 0.3) is 0 Å². The van der Waals surface area contributed by atoms with Gasteiger partial charge in [0, 0.05) is 25.4 Å². The van der Waals surface area contributed by atoms with Gasteiger partial charge < -0.3 is 40.7 Å². The van der Waals surface area contributed by atoms with E-state index in [1.807, 2.05) is 78.9 Å². The number of aliphatic hydroxyl groups excluding tert-OH is 3. The lowest BCUT2D eigenvalue weighted by Gasteiger charge is -2.29. The van der Waals surface area contributed by atoms with Gasteiger partial charge in [0.1, 0.15) is 18.0 Å². The number of benzene rings is 3. The van der Waals surface area contributed by atoms with Crippen LogP contribution in [-0.4, -0.2) is 77.5 Å². The van der Waals surface area contributed by atoms with Crippen molar-refractivity contribution < 1.29 is 34.4 Å². The highest BCUT2D eigenvalue weighted by Gasteiger charge is 2.35. The van der Waals surface area contributed by atoms with Gasteiger partial charge >= 0.3 is 6.09 Å². The smallest absolute Gasteiger partial charge is 0.407 e. The molecule has 5 atom stereocenters. The first kappa shape index (κ1) is 35.9. The second-order valence-corrected chi connectivity index (χ2v) is 13.1. The Morgan fingerprint density at radius 2 is 1.60 bits per heavy atom. The molecule has 6 N–H and O–H groups in total. The Kier molecular flexibility index (Phi) is 13.2. The van der Waals surface area contributed by atoms with E-state index in [1.54, 1.807) is 20.8 Å². The van der Waals surface area contributed by atoms with Crippen LogP contribution < -0.4 is 20.7 Å². The number of aliphatic hydroxyl groups is 3. The first-order valence-electron chi connectivity index (χ1n) is 16.3. The molecule has 4 rings (SSSR count). The molecule has 0 radical (unpaired) electrons. The van der Waals surface area contributed by atoms with Gasteiger partial charge in [-0.25, -0.2) is 4.79 Å². The highest BCUT2D eigenvalue weighted by atomic mass is 16.6. The molecule has 10 heteroatoms. The van der Waals surface area contributed by atoms with E-state index >= 15 is 0 Å². The van der Waals surface area contributed by atoms with Crippen molar-refractivity contribution in [3.05, 3.63) is 101 Å². The van der Waals surface area contributed by atoms with Crippen LogP contribution >= 0.6 is 0 Å². The molecule has 0 spiro atoms. The molecule has 2 amide bonds. The van der Waals surface area contributed by atoms with Crippen LogP contribution in [0.3, 0.4) is 0 Å². The Morgan fingerprint density at radius 1 is 0.915 bits per heavy atom. The van der Waals surface area contributed by atoms with Crippen LogP contribution in [0.25, 0.3) is 0 Å². The SMILES string of the molecule is CC(C)(C)OC(=O)N[C@@H](Cc1ccccc1)[C@@H](O)C[C@@H](Cc1ccc(OCCNCCO)cc1)C(=O)N[C@H]1c2ccccc2C[C@H]1O. The Balaban J connectivity index is 1.52. The second kappa shape index (κ2) is 17.3. The third kappa shape index (κ3) is 11.4. The fourth-order valence-electron chi connectivity index (χ4n) is 5.82. The van der Waals surface area contributed by atoms with Crippen molar-refractivity contribution in [3.63, 3.8) is 0 Å². The van der Waals surface area contributed by atoms with E-state index in [0.29, 0.717) is 44.7 Å². The van der Waals surface area contributed by atoms with Gasteiger partial charge in [-0.3, -0.25) is 4.79 Å². The molecule has 3 aromatic rings. The summed E-state index contributed by atoms with van der Waals surface area (Å²) in [5.74, 6) is -0.301. The monoisotopic (exact) mass is 647 g/mol. The highest BCUT2D eigenvalue weighted by molar-refractivity contribution is 5.80. The lowest BCUT2D eigenvalue weighted by atomic mass is 9.88. The summed E-state index contributed by atoms with van der Waals surface area (Å²) in [5.41, 5.74) is 2.94. The number of amides is 2. The van der Waals surface area contributed by atoms with Crippen LogP contribution in [0.5, 0.6) is 5.75 Å². The summed E-state index contributed by atoms with van der Waals surface area (Å²) in [7, 11) is 0. The summed E-state index contributed by atoms with van der Waals surface area (Å²) in [5, 5.41) is 40.4. The van der Waals surface area contributed by atoms with E-state index < -0.39 is 41.9 Å². The fraction of sp³-hybridized carbons (Fsp3) is 0.459. The Hall–Kier alpha value is -3.96. The van der Waals surface area contributed by atoms with Gasteiger partial charge in [0.05, 0.1) is 30.9 Å². The topological polar surface area (TPSA) is 149 Å². The molecular weight excluding hydrogens is 598 g/mol. The molecule has 0 aromatic heterocycles. The maximum Gasteiger partial charge on any atom is 0.407 e. The number of fused-ring (bicyclic) bond motifs is 1. The lowest BCUT2D eigenvalue weighted by molar-refractivity contribution is -0.127. The third-order valence-electron chi connectivity index (χ3n) is 8.11. The average Bonchev–Trinajstić information content (AvgIpc) is 3.35. The molecule has 0 heterocycles. The molecule has 0 fully saturated rings. The van der Waals surface area contributed by atoms with E-state index in [9.17, 15) is 19.8 Å². The zero-order chi connectivity index (χ0) is 33.8. The van der Waals surface area contributed by atoms with Crippen LogP contribution in [0.2, 0.25) is 0 Å². The largest absolute Gasteiger partial charge is 0.492 e. The lowest BCUT2D eigenvalue weighted by Crippen LogP contribution is -2.48. The molecule has 1 aliphatic rings. The van der Waals surface area contributed by atoms with Crippen LogP contribution in [0.1, 0.15) is 55.5 Å². The maximum atomic E-state index is 14.0. The van der Waals surface area contributed by atoms with E-state index in [0.717, 1.165) is 22.3 Å². The molecule has 3 aromatic carbocycles. The van der Waals surface area contributed by atoms with Crippen molar-refractivity contribution in [1.82, 2.24) is 16.0 Å². The minimum atomic E-state index is -1.09. The Labute approximate surface area is 277 Å². The number of alkyl carbamates (subject to hydrolysis) is 1. The number of nitrogens with one attached hydrogen (secondary N) is 3. The van der Waals surface area contributed by atoms with Crippen LogP contribution in [0.4, 0.5) is 4.79 Å². The molecule has 254 valence electrons. The van der Waals surface area contributed by atoms with Crippen molar-refractivity contribution in [2.75, 3.05) is 26.3 Å². The number of rotatable bonds is 16. The van der Waals surface area contributed by atoms with Crippen LogP contribution in [0.15, 0.2) is 78.9 Å². The normalized spacial score (nSPS) is 17.7. The van der Waals surface area contributed by atoms with Gasteiger partial charge in [-0.2, -0.15) is 0 Å². The molecule has 47 heavy (non-hydrogen) atoms. The van der Waals surface area contributed by atoms with Crippen LogP contribution in [-0.2, 0) is 28.8 Å². The summed E-state index contributed by atoms with van der Waals surface area (Å²) in [4.78, 5) is 26.8. The van der Waals surface area contributed by atoms with Crippen molar-refractivity contribution in [3.8, 4) is 5.75 Å². The third-order valence-corrected chi connectivity index (χ3v) is 8.11. The number of hydrogen-bond acceptors (Lipinski definition) is 8. The summed E-state index contributed by atoms with van der Waals surface area (Å²) in [6, 6.07) is 23.4. The van der Waals surface area contributed by atoms with Gasteiger partial charge in [-0.1, -0.05) is 66.7 Å². The predicted octanol–water partition coefficient (Wildman–Crippen LogP) is 3.47. The summed E-state index contributed by atoms with van der Waals surface area (Å²) < 4.78 is 11.3. The minimum absolute atomic E-state index is 0.0539. The average molecular weight is 648 g/mol. The van der Waals surface area contributed by atoms with Crippen molar-refractivity contribution in [2.24, 2.45) is 5.92 Å². The van der Waals surface area contributed by atoms with Crippen molar-refractivity contribution in [2.45, 2.75) is 76.3 Å². The molecule has 0 unspecified atom stereocenters. The molecule has 1 aliphatic carbocycles. The highest BCUT2D eigenvalue weighted by Crippen LogP contribution is 2.32. The molecular formula is C37H49N3O7. The zero-order valence-electron chi connectivity index (χ0n) is 27.5. The molecule has 10 nitrogen and oxygen atoms in total. The number of carbonyl (C=O) groups is 2. The van der Waals surface area contributed by atoms with E-state index in [2.05, 4.69) is 16.0 Å². The van der Waals surface area contributed by atoms with E-state index in [1.165, 1.54) is 0 Å². The summed E-state index contributed by atoms with van der Waals surface area (Å²) in [6.45, 7) is 6.92. The van der Waals surface area contributed by atoms with Crippen molar-refractivity contribution >= 4 is 12.0 Å². The quantitative estimate of drug-likeness (QED) is 0.130. The molecule has 0 saturated carbocycles. The number of ether oxygens (including phenoxy) is 2. The van der Waals surface area contributed by atoms with E-state index in [4.69, 9.17) is 14.6 Å². The van der Waals surface area contributed by atoms with Crippen LogP contribution in [0, 0.1) is 5.92 Å². The maximum absolute atomic E-state index is 14.0. The first-order chi connectivity index (χ1) is 22.5. The Morgan fingerprint density at radius 3 is 2.30 bits per heavy atom. The number of hydrogen-bond donors (Lipinski definition) is 6. The van der Waals surface area contributed by atoms with Gasteiger partial charge in [0.15, 0.2) is 0 Å². The zero-order valence-corrected chi connectivity index (χ0v) is 27.5. The molecule has 0 saturated heterocycles. The van der Waals surface area contributed by atoms with Gasteiger partial charge in [-0.05, 0) is 74.4 Å². The molecule has 0 bridgehead atoms. The van der Waals surface area contributed by atoms with Gasteiger partial charge in [-0.15, -0.1) is 0 Å². The summed E-state index contributed by atoms with van der Waals surface area (Å²) >= 11 is 0. The second-order valence-electron chi connectivity index (χ2n) is 13.1. The number of carbonyl (C=O) groups excluding carboxylic acids is 2. The standard InChI is InChI=1S/C37H49N3O7/c1-37(2,3)47-36(45)39-31(22-25-9-5-4-6-10-25)32(42)24-28(21-26-13-15-29(16-14-26)46-20-18-38-17-19-41)35(44)40-34-30-12-8-7-11-27(30)23-33(34)43/h4-16,28,31-34,38,41-43H,17-24H2,1-3H3,(H,39,45)(H,40,44)/t28-,31+,32+,33-,34+/m1/s1.